The summed E-state index contributed by atoms with van der Waals surface area (Å²) in [6, 6.07) is 0.673. The number of unbranched alkanes of at least 4 members (excludes halogenated alkanes) is 3. The molecule has 0 aliphatic carbocycles. The van der Waals surface area contributed by atoms with Crippen LogP contribution < -0.4 is 5.73 Å². The first-order valence-corrected chi connectivity index (χ1v) is 8.61. The lowest BCUT2D eigenvalue weighted by atomic mass is 10.1. The minimum atomic E-state index is 0. The van der Waals surface area contributed by atoms with Crippen LogP contribution >= 0.6 is 24.8 Å². The molecule has 0 aromatic rings. The lowest BCUT2D eigenvalue weighted by Crippen LogP contribution is -2.53. The van der Waals surface area contributed by atoms with Crippen molar-refractivity contribution in [3.63, 3.8) is 0 Å². The summed E-state index contributed by atoms with van der Waals surface area (Å²) in [5, 5.41) is 0. The van der Waals surface area contributed by atoms with Gasteiger partial charge in [0.05, 0.1) is 0 Å². The van der Waals surface area contributed by atoms with E-state index in [1.54, 1.807) is 0 Å². The smallest absolute Gasteiger partial charge is 0.222 e. The fraction of sp³-hybridized carbons (Fsp3) is 0.938. The van der Waals surface area contributed by atoms with Crippen molar-refractivity contribution in [3.8, 4) is 0 Å². The van der Waals surface area contributed by atoms with Crippen molar-refractivity contribution in [3.05, 3.63) is 0 Å². The molecule has 2 rings (SSSR count). The molecular weight excluding hydrogens is 337 g/mol. The van der Waals surface area contributed by atoms with E-state index in [0.29, 0.717) is 18.4 Å². The molecule has 7 heteroatoms. The van der Waals surface area contributed by atoms with Crippen LogP contribution in [0.5, 0.6) is 0 Å². The Morgan fingerprint density at radius 2 is 1.57 bits per heavy atom. The van der Waals surface area contributed by atoms with Gasteiger partial charge in [-0.15, -0.1) is 24.8 Å². The van der Waals surface area contributed by atoms with Crippen LogP contribution in [0.1, 0.15) is 44.9 Å². The lowest BCUT2D eigenvalue weighted by Gasteiger charge is -2.40. The number of nitrogens with zero attached hydrogens (tertiary/aromatic N) is 2. The van der Waals surface area contributed by atoms with Crippen LogP contribution in [-0.2, 0) is 9.53 Å². The van der Waals surface area contributed by atoms with Gasteiger partial charge in [-0.1, -0.05) is 12.8 Å². The van der Waals surface area contributed by atoms with Crippen molar-refractivity contribution in [2.75, 3.05) is 45.9 Å². The zero-order valence-electron chi connectivity index (χ0n) is 14.1. The van der Waals surface area contributed by atoms with Crippen molar-refractivity contribution >= 4 is 30.7 Å². The largest absolute Gasteiger partial charge is 0.381 e. The van der Waals surface area contributed by atoms with E-state index in [9.17, 15) is 4.79 Å². The number of halogens is 2. The van der Waals surface area contributed by atoms with Crippen LogP contribution in [0.4, 0.5) is 0 Å². The normalized spacial score (nSPS) is 19.8. The van der Waals surface area contributed by atoms with Gasteiger partial charge in [0.15, 0.2) is 0 Å². The van der Waals surface area contributed by atoms with Crippen LogP contribution in [0.25, 0.3) is 0 Å². The van der Waals surface area contributed by atoms with Crippen LogP contribution in [0.3, 0.4) is 0 Å². The predicted octanol–water partition coefficient (Wildman–Crippen LogP) is 2.06. The molecule has 2 heterocycles. The van der Waals surface area contributed by atoms with Gasteiger partial charge in [-0.05, 0) is 32.2 Å². The Kier molecular flexibility index (Phi) is 13.2. The summed E-state index contributed by atoms with van der Waals surface area (Å²) in [6.45, 7) is 6.42. The number of hydrogen-bond donors (Lipinski definition) is 1. The van der Waals surface area contributed by atoms with Crippen molar-refractivity contribution < 1.29 is 9.53 Å². The standard InChI is InChI=1S/C16H31N3O2.2ClH/c17-8-4-2-1-3-5-16(20)19-11-9-18(10-12-19)15-6-13-21-14-7-15;;/h15H,1-14,17H2;2*1H. The molecule has 1 amide bonds. The van der Waals surface area contributed by atoms with E-state index in [4.69, 9.17) is 10.5 Å². The fourth-order valence-electron chi connectivity index (χ4n) is 3.32. The molecule has 0 saturated carbocycles. The number of rotatable bonds is 7. The molecule has 0 aromatic carbocycles. The molecule has 0 atom stereocenters. The molecule has 0 spiro atoms. The van der Waals surface area contributed by atoms with Gasteiger partial charge in [-0.3, -0.25) is 9.69 Å². The highest BCUT2D eigenvalue weighted by molar-refractivity contribution is 5.85. The number of amides is 1. The maximum atomic E-state index is 12.2. The summed E-state index contributed by atoms with van der Waals surface area (Å²) in [7, 11) is 0. The van der Waals surface area contributed by atoms with Crippen molar-refractivity contribution in [2.45, 2.75) is 51.0 Å². The van der Waals surface area contributed by atoms with E-state index in [0.717, 1.165) is 84.5 Å². The van der Waals surface area contributed by atoms with Crippen molar-refractivity contribution in [1.29, 1.82) is 0 Å². The van der Waals surface area contributed by atoms with E-state index < -0.39 is 0 Å². The SMILES string of the molecule is Cl.Cl.NCCCCCCC(=O)N1CCN(C2CCOCC2)CC1. The third-order valence-electron chi connectivity index (χ3n) is 4.72. The number of ether oxygens (including phenoxy) is 1. The summed E-state index contributed by atoms with van der Waals surface area (Å²) in [5.41, 5.74) is 5.47. The monoisotopic (exact) mass is 369 g/mol. The minimum absolute atomic E-state index is 0. The molecule has 0 aromatic heterocycles. The molecule has 2 aliphatic heterocycles. The van der Waals surface area contributed by atoms with E-state index in [2.05, 4.69) is 9.80 Å². The Hall–Kier alpha value is -0.0700. The maximum absolute atomic E-state index is 12.2. The summed E-state index contributed by atoms with van der Waals surface area (Å²) in [4.78, 5) is 16.8. The van der Waals surface area contributed by atoms with E-state index in [1.165, 1.54) is 0 Å². The second kappa shape index (κ2) is 13.2. The number of nitrogens with two attached hydrogens (primary N) is 1. The predicted molar refractivity (Wildman–Crippen MR) is 98.6 cm³/mol. The Labute approximate surface area is 153 Å². The summed E-state index contributed by atoms with van der Waals surface area (Å²) < 4.78 is 5.42. The third kappa shape index (κ3) is 8.03. The zero-order chi connectivity index (χ0) is 14.9. The van der Waals surface area contributed by atoms with Crippen LogP contribution in [-0.4, -0.2) is 67.7 Å². The quantitative estimate of drug-likeness (QED) is 0.697. The van der Waals surface area contributed by atoms with E-state index in [1.807, 2.05) is 0 Å². The van der Waals surface area contributed by atoms with Crippen molar-refractivity contribution in [2.24, 2.45) is 5.73 Å². The summed E-state index contributed by atoms with van der Waals surface area (Å²) >= 11 is 0. The zero-order valence-corrected chi connectivity index (χ0v) is 15.7. The first-order chi connectivity index (χ1) is 10.3. The molecule has 5 nitrogen and oxygen atoms in total. The average Bonchev–Trinajstić information content (AvgIpc) is 2.55. The molecular formula is C16H33Cl2N3O2. The topological polar surface area (TPSA) is 58.8 Å². The number of piperazine rings is 1. The van der Waals surface area contributed by atoms with Gasteiger partial charge in [-0.2, -0.15) is 0 Å². The highest BCUT2D eigenvalue weighted by Gasteiger charge is 2.26. The van der Waals surface area contributed by atoms with E-state index >= 15 is 0 Å². The van der Waals surface area contributed by atoms with Crippen molar-refractivity contribution in [1.82, 2.24) is 9.80 Å². The highest BCUT2D eigenvalue weighted by Crippen LogP contribution is 2.17. The molecule has 2 fully saturated rings. The Bertz CT molecular complexity index is 308. The average molecular weight is 370 g/mol. The maximum Gasteiger partial charge on any atom is 0.222 e. The molecule has 138 valence electrons. The minimum Gasteiger partial charge on any atom is -0.381 e. The molecule has 0 unspecified atom stereocenters. The molecule has 2 aliphatic rings. The van der Waals surface area contributed by atoms with E-state index in [-0.39, 0.29) is 24.8 Å². The van der Waals surface area contributed by atoms with Gasteiger partial charge in [-0.25, -0.2) is 0 Å². The summed E-state index contributed by atoms with van der Waals surface area (Å²) in [6.07, 6.45) is 7.38. The Morgan fingerprint density at radius 1 is 0.957 bits per heavy atom. The van der Waals surface area contributed by atoms with Gasteiger partial charge in [0, 0.05) is 51.9 Å². The number of carbonyl (C=O) groups is 1. The Morgan fingerprint density at radius 3 is 2.17 bits per heavy atom. The number of hydrogen-bond acceptors (Lipinski definition) is 4. The molecule has 23 heavy (non-hydrogen) atoms. The molecule has 0 bridgehead atoms. The highest BCUT2D eigenvalue weighted by atomic mass is 35.5. The first-order valence-electron chi connectivity index (χ1n) is 8.61. The van der Waals surface area contributed by atoms with Gasteiger partial charge in [0.2, 0.25) is 5.91 Å². The van der Waals surface area contributed by atoms with Gasteiger partial charge in [0.1, 0.15) is 0 Å². The summed E-state index contributed by atoms with van der Waals surface area (Å²) in [5.74, 6) is 0.342. The van der Waals surface area contributed by atoms with Gasteiger partial charge in [0.25, 0.3) is 0 Å². The van der Waals surface area contributed by atoms with Crippen LogP contribution in [0.2, 0.25) is 0 Å². The van der Waals surface area contributed by atoms with Gasteiger partial charge < -0.3 is 15.4 Å². The fourth-order valence-corrected chi connectivity index (χ4v) is 3.32. The van der Waals surface area contributed by atoms with Crippen LogP contribution in [0, 0.1) is 0 Å². The number of carbonyl (C=O) groups excluding carboxylic acids is 1. The van der Waals surface area contributed by atoms with Crippen LogP contribution in [0.15, 0.2) is 0 Å². The Balaban J connectivity index is 0.00000242. The third-order valence-corrected chi connectivity index (χ3v) is 4.72. The van der Waals surface area contributed by atoms with Gasteiger partial charge >= 0.3 is 0 Å². The molecule has 2 N–H and O–H groups in total. The lowest BCUT2D eigenvalue weighted by molar-refractivity contribution is -0.133. The molecule has 0 radical (unpaired) electrons. The second-order valence-corrected chi connectivity index (χ2v) is 6.21. The molecule has 2 saturated heterocycles. The second-order valence-electron chi connectivity index (χ2n) is 6.21. The first kappa shape index (κ1) is 22.9.